The highest BCUT2D eigenvalue weighted by Gasteiger charge is 1.91. The standard InChI is InChI=1S/C9H13NO2.ClH/c1-11-6-7-12-9-4-2-8(10)3-5-9;/h2-5H,6-7,10H2,1H3;1H/p-1. The number of methoxy groups -OCH3 is 1. The van der Waals surface area contributed by atoms with E-state index in [1.807, 2.05) is 24.3 Å². The maximum Gasteiger partial charge on any atom is 0.119 e. The lowest BCUT2D eigenvalue weighted by Gasteiger charge is -2.04. The number of ether oxygens (including phenoxy) is 2. The van der Waals surface area contributed by atoms with Gasteiger partial charge in [-0.1, -0.05) is 0 Å². The molecule has 0 fully saturated rings. The van der Waals surface area contributed by atoms with Crippen molar-refractivity contribution in [2.45, 2.75) is 0 Å². The van der Waals surface area contributed by atoms with E-state index in [0.717, 1.165) is 11.4 Å². The lowest BCUT2D eigenvalue weighted by Crippen LogP contribution is -3.00. The number of anilines is 1. The van der Waals surface area contributed by atoms with Crippen molar-refractivity contribution in [1.82, 2.24) is 0 Å². The Morgan fingerprint density at radius 2 is 1.77 bits per heavy atom. The molecule has 0 saturated heterocycles. The number of rotatable bonds is 4. The van der Waals surface area contributed by atoms with Gasteiger partial charge in [0.2, 0.25) is 0 Å². The van der Waals surface area contributed by atoms with Crippen LogP contribution in [0.15, 0.2) is 24.3 Å². The van der Waals surface area contributed by atoms with Crippen molar-refractivity contribution in [2.75, 3.05) is 26.1 Å². The van der Waals surface area contributed by atoms with Gasteiger partial charge in [-0.2, -0.15) is 0 Å². The van der Waals surface area contributed by atoms with Crippen LogP contribution in [0.25, 0.3) is 0 Å². The molecule has 1 rings (SSSR count). The molecule has 13 heavy (non-hydrogen) atoms. The van der Waals surface area contributed by atoms with Crippen molar-refractivity contribution in [2.24, 2.45) is 0 Å². The number of nitrogens with two attached hydrogens (primary N) is 1. The summed E-state index contributed by atoms with van der Waals surface area (Å²) in [7, 11) is 1.65. The minimum absolute atomic E-state index is 0. The van der Waals surface area contributed by atoms with Crippen molar-refractivity contribution in [3.05, 3.63) is 24.3 Å². The number of nitrogen functional groups attached to an aromatic ring is 1. The molecule has 4 heteroatoms. The van der Waals surface area contributed by atoms with E-state index in [1.165, 1.54) is 0 Å². The van der Waals surface area contributed by atoms with Crippen molar-refractivity contribution in [3.8, 4) is 5.75 Å². The molecular weight excluding hydrogens is 190 g/mol. The Kier molecular flexibility index (Phi) is 6.10. The van der Waals surface area contributed by atoms with Crippen molar-refractivity contribution >= 4 is 5.69 Å². The van der Waals surface area contributed by atoms with Gasteiger partial charge in [0, 0.05) is 12.8 Å². The third-order valence-corrected chi connectivity index (χ3v) is 1.44. The van der Waals surface area contributed by atoms with Crippen LogP contribution in [-0.4, -0.2) is 20.3 Å². The van der Waals surface area contributed by atoms with Gasteiger partial charge in [0.25, 0.3) is 0 Å². The predicted molar refractivity (Wildman–Crippen MR) is 48.2 cm³/mol. The highest BCUT2D eigenvalue weighted by molar-refractivity contribution is 5.41. The zero-order chi connectivity index (χ0) is 8.81. The molecule has 74 valence electrons. The van der Waals surface area contributed by atoms with Crippen LogP contribution in [0.5, 0.6) is 5.75 Å². The molecule has 1 aromatic rings. The van der Waals surface area contributed by atoms with Gasteiger partial charge in [-0.05, 0) is 24.3 Å². The van der Waals surface area contributed by atoms with Crippen LogP contribution in [0, 0.1) is 0 Å². The van der Waals surface area contributed by atoms with Crippen molar-refractivity contribution in [3.63, 3.8) is 0 Å². The second kappa shape index (κ2) is 6.57. The first-order valence-corrected chi connectivity index (χ1v) is 3.80. The molecule has 0 aliphatic carbocycles. The molecule has 0 heterocycles. The molecule has 0 aliphatic heterocycles. The Bertz CT molecular complexity index is 226. The second-order valence-electron chi connectivity index (χ2n) is 2.41. The van der Waals surface area contributed by atoms with E-state index in [-0.39, 0.29) is 12.4 Å². The van der Waals surface area contributed by atoms with Gasteiger partial charge in [0.05, 0.1) is 6.61 Å². The van der Waals surface area contributed by atoms with Gasteiger partial charge in [-0.3, -0.25) is 0 Å². The van der Waals surface area contributed by atoms with E-state index in [2.05, 4.69) is 0 Å². The Hall–Kier alpha value is -0.930. The summed E-state index contributed by atoms with van der Waals surface area (Å²) < 4.78 is 10.2. The molecule has 0 radical (unpaired) electrons. The monoisotopic (exact) mass is 202 g/mol. The van der Waals surface area contributed by atoms with E-state index in [4.69, 9.17) is 15.2 Å². The molecule has 3 nitrogen and oxygen atoms in total. The van der Waals surface area contributed by atoms with E-state index < -0.39 is 0 Å². The third-order valence-electron chi connectivity index (χ3n) is 1.44. The highest BCUT2D eigenvalue weighted by Crippen LogP contribution is 2.12. The smallest absolute Gasteiger partial charge is 0.119 e. The molecule has 0 spiro atoms. The number of hydrogen-bond donors (Lipinski definition) is 1. The Balaban J connectivity index is 0.00000144. The lowest BCUT2D eigenvalue weighted by molar-refractivity contribution is -0.00000313. The maximum atomic E-state index is 5.50. The Morgan fingerprint density at radius 1 is 1.15 bits per heavy atom. The lowest BCUT2D eigenvalue weighted by atomic mass is 10.3. The second-order valence-corrected chi connectivity index (χ2v) is 2.41. The van der Waals surface area contributed by atoms with Gasteiger partial charge < -0.3 is 27.6 Å². The first-order valence-electron chi connectivity index (χ1n) is 3.80. The van der Waals surface area contributed by atoms with Gasteiger partial charge in [-0.25, -0.2) is 0 Å². The minimum Gasteiger partial charge on any atom is -1.00 e. The molecule has 0 atom stereocenters. The van der Waals surface area contributed by atoms with Crippen LogP contribution in [0.3, 0.4) is 0 Å². The third kappa shape index (κ3) is 4.60. The fraction of sp³-hybridized carbons (Fsp3) is 0.333. The highest BCUT2D eigenvalue weighted by atomic mass is 35.5. The number of halogens is 1. The molecule has 0 aliphatic rings. The van der Waals surface area contributed by atoms with Crippen molar-refractivity contribution in [1.29, 1.82) is 0 Å². The number of benzene rings is 1. The normalized spacial score (nSPS) is 9.00. The van der Waals surface area contributed by atoms with Crippen LogP contribution >= 0.6 is 0 Å². The fourth-order valence-corrected chi connectivity index (χ4v) is 0.807. The Labute approximate surface area is 84.2 Å². The first-order chi connectivity index (χ1) is 5.83. The summed E-state index contributed by atoms with van der Waals surface area (Å²) in [6, 6.07) is 7.29. The quantitative estimate of drug-likeness (QED) is 0.468. The summed E-state index contributed by atoms with van der Waals surface area (Å²) in [4.78, 5) is 0. The first kappa shape index (κ1) is 12.1. The summed E-state index contributed by atoms with van der Waals surface area (Å²) in [6.45, 7) is 1.17. The van der Waals surface area contributed by atoms with Crippen LogP contribution in [0.2, 0.25) is 0 Å². The van der Waals surface area contributed by atoms with Crippen LogP contribution in [0.4, 0.5) is 5.69 Å². The molecule has 1 aromatic carbocycles. The predicted octanol–water partition coefficient (Wildman–Crippen LogP) is -1.70. The molecule has 0 amide bonds. The molecule has 0 bridgehead atoms. The van der Waals surface area contributed by atoms with Gasteiger partial charge >= 0.3 is 0 Å². The number of hydrogen-bond acceptors (Lipinski definition) is 3. The van der Waals surface area contributed by atoms with E-state index in [0.29, 0.717) is 13.2 Å². The maximum absolute atomic E-state index is 5.50. The Morgan fingerprint density at radius 3 is 2.31 bits per heavy atom. The van der Waals surface area contributed by atoms with Crippen molar-refractivity contribution < 1.29 is 21.9 Å². The summed E-state index contributed by atoms with van der Waals surface area (Å²) >= 11 is 0. The summed E-state index contributed by atoms with van der Waals surface area (Å²) in [5, 5.41) is 0. The molecule has 2 N–H and O–H groups in total. The summed E-state index contributed by atoms with van der Waals surface area (Å²) in [5.74, 6) is 0.821. The zero-order valence-corrected chi connectivity index (χ0v) is 8.25. The van der Waals surface area contributed by atoms with E-state index >= 15 is 0 Å². The van der Waals surface area contributed by atoms with Gasteiger partial charge in [0.1, 0.15) is 12.4 Å². The van der Waals surface area contributed by atoms with Gasteiger partial charge in [-0.15, -0.1) is 0 Å². The fourth-order valence-electron chi connectivity index (χ4n) is 0.807. The summed E-state index contributed by atoms with van der Waals surface area (Å²) in [5.41, 5.74) is 6.25. The molecule has 0 saturated carbocycles. The molecular formula is C9H13ClNO2-. The van der Waals surface area contributed by atoms with E-state index in [1.54, 1.807) is 7.11 Å². The van der Waals surface area contributed by atoms with Gasteiger partial charge in [0.15, 0.2) is 0 Å². The SMILES string of the molecule is COCCOc1ccc(N)cc1.[Cl-]. The van der Waals surface area contributed by atoms with Crippen LogP contribution in [-0.2, 0) is 4.74 Å². The average Bonchev–Trinajstić information content (AvgIpc) is 2.09. The summed E-state index contributed by atoms with van der Waals surface area (Å²) in [6.07, 6.45) is 0. The minimum atomic E-state index is 0. The van der Waals surface area contributed by atoms with Crippen LogP contribution < -0.4 is 22.9 Å². The largest absolute Gasteiger partial charge is 1.00 e. The molecule has 0 aromatic heterocycles. The van der Waals surface area contributed by atoms with Crippen LogP contribution in [0.1, 0.15) is 0 Å². The average molecular weight is 203 g/mol. The zero-order valence-electron chi connectivity index (χ0n) is 7.50. The molecule has 0 unspecified atom stereocenters. The van der Waals surface area contributed by atoms with E-state index in [9.17, 15) is 0 Å². The topological polar surface area (TPSA) is 44.5 Å².